The predicted molar refractivity (Wildman–Crippen MR) is 101 cm³/mol. The van der Waals surface area contributed by atoms with Crippen molar-refractivity contribution in [3.8, 4) is 11.3 Å². The van der Waals surface area contributed by atoms with Crippen LogP contribution in [0, 0.1) is 5.41 Å². The second-order valence-electron chi connectivity index (χ2n) is 7.60. The summed E-state index contributed by atoms with van der Waals surface area (Å²) in [4.78, 5) is 0. The largest absolute Gasteiger partial charge is 0.360 e. The van der Waals surface area contributed by atoms with Gasteiger partial charge in [0.05, 0.1) is 10.0 Å². The molecule has 2 aromatic rings. The highest BCUT2D eigenvalue weighted by Gasteiger charge is 2.42. The number of nitrogens with zero attached hydrogens (tertiary/aromatic N) is 1. The third kappa shape index (κ3) is 2.64. The number of benzene rings is 1. The lowest BCUT2D eigenvalue weighted by molar-refractivity contribution is 0.257. The minimum atomic E-state index is 0.361. The van der Waals surface area contributed by atoms with Gasteiger partial charge in [0, 0.05) is 17.0 Å². The van der Waals surface area contributed by atoms with Gasteiger partial charge in [0.1, 0.15) is 11.5 Å². The first-order valence-electron chi connectivity index (χ1n) is 9.04. The van der Waals surface area contributed by atoms with Crippen LogP contribution in [-0.4, -0.2) is 18.2 Å². The number of nitrogens with one attached hydrogen (secondary N) is 1. The van der Waals surface area contributed by atoms with E-state index in [2.05, 4.69) is 16.5 Å². The SMILES string of the molecule is Clc1cccc(Cl)c1-c1noc(C2CC2)c1C1=CC2(CCNCC2)C1. The van der Waals surface area contributed by atoms with E-state index in [-0.39, 0.29) is 0 Å². The smallest absolute Gasteiger partial charge is 0.147 e. The molecule has 1 saturated carbocycles. The molecule has 0 amide bonds. The van der Waals surface area contributed by atoms with E-state index in [0.717, 1.165) is 42.1 Å². The first-order chi connectivity index (χ1) is 12.2. The molecule has 1 saturated heterocycles. The summed E-state index contributed by atoms with van der Waals surface area (Å²) in [6, 6.07) is 5.59. The number of hydrogen-bond acceptors (Lipinski definition) is 3. The minimum absolute atomic E-state index is 0.361. The Balaban J connectivity index is 1.62. The Morgan fingerprint density at radius 3 is 2.40 bits per heavy atom. The maximum Gasteiger partial charge on any atom is 0.147 e. The Morgan fingerprint density at radius 1 is 1.08 bits per heavy atom. The molecule has 1 aromatic heterocycles. The number of piperidine rings is 1. The lowest BCUT2D eigenvalue weighted by Crippen LogP contribution is -2.39. The quantitative estimate of drug-likeness (QED) is 0.750. The van der Waals surface area contributed by atoms with Crippen LogP contribution in [0.25, 0.3) is 16.8 Å². The number of rotatable bonds is 3. The third-order valence-corrected chi connectivity index (χ3v) is 6.44. The van der Waals surface area contributed by atoms with Crippen LogP contribution in [0.3, 0.4) is 0 Å². The molecular formula is C20H20Cl2N2O. The van der Waals surface area contributed by atoms with Crippen molar-refractivity contribution in [3.63, 3.8) is 0 Å². The molecule has 3 nitrogen and oxygen atoms in total. The van der Waals surface area contributed by atoms with E-state index in [9.17, 15) is 0 Å². The molecular weight excluding hydrogens is 355 g/mol. The molecule has 130 valence electrons. The molecule has 2 heterocycles. The Hall–Kier alpha value is -1.29. The van der Waals surface area contributed by atoms with Crippen molar-refractivity contribution in [3.05, 3.63) is 45.6 Å². The van der Waals surface area contributed by atoms with Gasteiger partial charge < -0.3 is 9.84 Å². The molecule has 0 bridgehead atoms. The van der Waals surface area contributed by atoms with E-state index >= 15 is 0 Å². The summed E-state index contributed by atoms with van der Waals surface area (Å²) in [6.45, 7) is 2.21. The normalized spacial score (nSPS) is 21.9. The van der Waals surface area contributed by atoms with Crippen LogP contribution in [0.4, 0.5) is 0 Å². The molecule has 1 N–H and O–H groups in total. The Labute approximate surface area is 157 Å². The highest BCUT2D eigenvalue weighted by atomic mass is 35.5. The Kier molecular flexibility index (Phi) is 3.74. The van der Waals surface area contributed by atoms with Crippen LogP contribution < -0.4 is 5.32 Å². The summed E-state index contributed by atoms with van der Waals surface area (Å²) < 4.78 is 5.80. The molecule has 0 radical (unpaired) electrons. The fourth-order valence-corrected chi connectivity index (χ4v) is 4.83. The van der Waals surface area contributed by atoms with E-state index < -0.39 is 0 Å². The molecule has 2 aliphatic carbocycles. The maximum absolute atomic E-state index is 6.45. The van der Waals surface area contributed by atoms with Gasteiger partial charge in [-0.2, -0.15) is 0 Å². The van der Waals surface area contributed by atoms with E-state index in [4.69, 9.17) is 27.7 Å². The zero-order valence-electron chi connectivity index (χ0n) is 13.9. The lowest BCUT2D eigenvalue weighted by Gasteiger charge is -2.43. The van der Waals surface area contributed by atoms with Gasteiger partial charge in [-0.1, -0.05) is 40.5 Å². The summed E-state index contributed by atoms with van der Waals surface area (Å²) in [5.74, 6) is 1.53. The van der Waals surface area contributed by atoms with Gasteiger partial charge in [0.25, 0.3) is 0 Å². The van der Waals surface area contributed by atoms with E-state index in [0.29, 0.717) is 21.4 Å². The minimum Gasteiger partial charge on any atom is -0.360 e. The van der Waals surface area contributed by atoms with Crippen molar-refractivity contribution in [2.24, 2.45) is 5.41 Å². The van der Waals surface area contributed by atoms with Crippen molar-refractivity contribution in [2.75, 3.05) is 13.1 Å². The first kappa shape index (κ1) is 15.9. The van der Waals surface area contributed by atoms with Gasteiger partial charge in [0.2, 0.25) is 0 Å². The molecule has 1 spiro atoms. The van der Waals surface area contributed by atoms with Gasteiger partial charge in [0.15, 0.2) is 0 Å². The topological polar surface area (TPSA) is 38.1 Å². The first-order valence-corrected chi connectivity index (χ1v) is 9.79. The van der Waals surface area contributed by atoms with Gasteiger partial charge in [-0.05, 0) is 68.3 Å². The summed E-state index contributed by atoms with van der Waals surface area (Å²) in [5, 5.41) is 9.11. The summed E-state index contributed by atoms with van der Waals surface area (Å²) in [6.07, 6.45) is 8.34. The highest BCUT2D eigenvalue weighted by molar-refractivity contribution is 6.39. The average Bonchev–Trinajstić information content (AvgIpc) is 3.34. The van der Waals surface area contributed by atoms with Crippen LogP contribution in [0.2, 0.25) is 10.0 Å². The molecule has 5 rings (SSSR count). The van der Waals surface area contributed by atoms with Gasteiger partial charge in [-0.3, -0.25) is 0 Å². The third-order valence-electron chi connectivity index (χ3n) is 5.81. The highest BCUT2D eigenvalue weighted by Crippen LogP contribution is 2.55. The predicted octanol–water partition coefficient (Wildman–Crippen LogP) is 5.68. The van der Waals surface area contributed by atoms with Crippen molar-refractivity contribution in [1.82, 2.24) is 10.5 Å². The average molecular weight is 375 g/mol. The van der Waals surface area contributed by atoms with E-state index in [1.807, 2.05) is 18.2 Å². The maximum atomic E-state index is 6.45. The number of hydrogen-bond donors (Lipinski definition) is 1. The van der Waals surface area contributed by atoms with E-state index in [1.165, 1.54) is 31.3 Å². The van der Waals surface area contributed by atoms with Crippen LogP contribution in [0.1, 0.15) is 49.3 Å². The monoisotopic (exact) mass is 374 g/mol. The molecule has 0 atom stereocenters. The van der Waals surface area contributed by atoms with Gasteiger partial charge >= 0.3 is 0 Å². The second-order valence-corrected chi connectivity index (χ2v) is 8.41. The fraction of sp³-hybridized carbons (Fsp3) is 0.450. The molecule has 3 aliphatic rings. The van der Waals surface area contributed by atoms with Crippen molar-refractivity contribution in [2.45, 2.75) is 38.0 Å². The molecule has 2 fully saturated rings. The van der Waals surface area contributed by atoms with E-state index in [1.54, 1.807) is 0 Å². The molecule has 5 heteroatoms. The summed E-state index contributed by atoms with van der Waals surface area (Å²) in [5.41, 5.74) is 4.48. The number of halogens is 2. The second kappa shape index (κ2) is 5.87. The lowest BCUT2D eigenvalue weighted by atomic mass is 9.63. The molecule has 1 aliphatic heterocycles. The number of aromatic nitrogens is 1. The Bertz CT molecular complexity index is 840. The van der Waals surface area contributed by atoms with Crippen molar-refractivity contribution in [1.29, 1.82) is 0 Å². The van der Waals surface area contributed by atoms with Crippen LogP contribution >= 0.6 is 23.2 Å². The standard InChI is InChI=1S/C20H20Cl2N2O/c21-14-2-1-3-15(22)17(14)18-16(19(25-24-18)12-4-5-12)13-10-20(11-13)6-8-23-9-7-20/h1-3,10,12,23H,4-9,11H2. The number of allylic oxidation sites excluding steroid dienone is 2. The summed E-state index contributed by atoms with van der Waals surface area (Å²) >= 11 is 12.9. The van der Waals surface area contributed by atoms with Crippen LogP contribution in [-0.2, 0) is 0 Å². The zero-order chi connectivity index (χ0) is 17.0. The Morgan fingerprint density at radius 2 is 1.76 bits per heavy atom. The molecule has 25 heavy (non-hydrogen) atoms. The van der Waals surface area contributed by atoms with Crippen molar-refractivity contribution < 1.29 is 4.52 Å². The van der Waals surface area contributed by atoms with Gasteiger partial charge in [-0.25, -0.2) is 0 Å². The molecule has 0 unspecified atom stereocenters. The zero-order valence-corrected chi connectivity index (χ0v) is 15.5. The summed E-state index contributed by atoms with van der Waals surface area (Å²) in [7, 11) is 0. The van der Waals surface area contributed by atoms with Crippen LogP contribution in [0.5, 0.6) is 0 Å². The van der Waals surface area contributed by atoms with Gasteiger partial charge in [-0.15, -0.1) is 0 Å². The fourth-order valence-electron chi connectivity index (χ4n) is 4.26. The molecule has 1 aromatic carbocycles. The van der Waals surface area contributed by atoms with Crippen molar-refractivity contribution >= 4 is 28.8 Å². The van der Waals surface area contributed by atoms with Crippen LogP contribution in [0.15, 0.2) is 28.8 Å².